The zero-order valence-corrected chi connectivity index (χ0v) is 12.0. The van der Waals surface area contributed by atoms with Crippen LogP contribution in [0.3, 0.4) is 0 Å². The number of carbonyl (C=O) groups excluding carboxylic acids is 1. The molecule has 110 valence electrons. The lowest BCUT2D eigenvalue weighted by molar-refractivity contribution is -0.150. The zero-order chi connectivity index (χ0) is 14.4. The fraction of sp³-hybridized carbons (Fsp3) is 0.857. The van der Waals surface area contributed by atoms with Crippen molar-refractivity contribution in [1.29, 1.82) is 0 Å². The summed E-state index contributed by atoms with van der Waals surface area (Å²) in [4.78, 5) is 24.5. The predicted octanol–water partition coefficient (Wildman–Crippen LogP) is 1.32. The number of hydrogen-bond donors (Lipinski definition) is 2. The van der Waals surface area contributed by atoms with Crippen molar-refractivity contribution in [2.75, 3.05) is 19.6 Å². The molecule has 1 aliphatic heterocycles. The van der Waals surface area contributed by atoms with Gasteiger partial charge in [0, 0.05) is 25.4 Å². The van der Waals surface area contributed by atoms with Gasteiger partial charge in [-0.2, -0.15) is 0 Å². The molecule has 1 fully saturated rings. The molecule has 1 heterocycles. The fourth-order valence-electron chi connectivity index (χ4n) is 2.51. The highest BCUT2D eigenvalue weighted by atomic mass is 16.4. The third-order valence-corrected chi connectivity index (χ3v) is 4.28. The summed E-state index contributed by atoms with van der Waals surface area (Å²) in [6.07, 6.45) is 3.49. The molecule has 0 radical (unpaired) electrons. The van der Waals surface area contributed by atoms with E-state index < -0.39 is 5.97 Å². The standard InChI is InChI=1S/C14H26N2O3/c1-3-11(6-7-15)4-5-13(17)16-8-12(9-16)10(2)14(18)19/h10-12H,3-9,15H2,1-2H3,(H,18,19). The van der Waals surface area contributed by atoms with E-state index in [1.807, 2.05) is 0 Å². The van der Waals surface area contributed by atoms with Crippen molar-refractivity contribution in [2.24, 2.45) is 23.5 Å². The van der Waals surface area contributed by atoms with Gasteiger partial charge in [0.2, 0.25) is 5.91 Å². The van der Waals surface area contributed by atoms with E-state index in [-0.39, 0.29) is 17.7 Å². The Morgan fingerprint density at radius 1 is 1.37 bits per heavy atom. The van der Waals surface area contributed by atoms with Gasteiger partial charge in [-0.1, -0.05) is 20.3 Å². The van der Waals surface area contributed by atoms with Gasteiger partial charge in [0.1, 0.15) is 0 Å². The molecule has 2 atom stereocenters. The van der Waals surface area contributed by atoms with Crippen molar-refractivity contribution >= 4 is 11.9 Å². The van der Waals surface area contributed by atoms with E-state index in [2.05, 4.69) is 6.92 Å². The van der Waals surface area contributed by atoms with Crippen LogP contribution in [0.5, 0.6) is 0 Å². The van der Waals surface area contributed by atoms with Crippen LogP contribution in [0.1, 0.15) is 39.5 Å². The van der Waals surface area contributed by atoms with Gasteiger partial charge >= 0.3 is 5.97 Å². The molecule has 0 aromatic heterocycles. The number of likely N-dealkylation sites (tertiary alicyclic amines) is 1. The molecule has 0 bridgehead atoms. The molecule has 1 amide bonds. The van der Waals surface area contributed by atoms with Gasteiger partial charge in [0.15, 0.2) is 0 Å². The highest BCUT2D eigenvalue weighted by molar-refractivity contribution is 5.77. The van der Waals surface area contributed by atoms with Crippen LogP contribution in [0.4, 0.5) is 0 Å². The first-order valence-corrected chi connectivity index (χ1v) is 7.20. The molecule has 5 heteroatoms. The summed E-state index contributed by atoms with van der Waals surface area (Å²) >= 11 is 0. The molecule has 1 aliphatic rings. The van der Waals surface area contributed by atoms with Crippen LogP contribution in [0.25, 0.3) is 0 Å². The Hall–Kier alpha value is -1.10. The summed E-state index contributed by atoms with van der Waals surface area (Å²) in [6, 6.07) is 0. The number of carboxylic acid groups (broad SMARTS) is 1. The van der Waals surface area contributed by atoms with Crippen LogP contribution >= 0.6 is 0 Å². The number of aliphatic carboxylic acids is 1. The second-order valence-corrected chi connectivity index (χ2v) is 5.58. The van der Waals surface area contributed by atoms with Gasteiger partial charge in [-0.3, -0.25) is 9.59 Å². The molecular formula is C14H26N2O3. The fourth-order valence-corrected chi connectivity index (χ4v) is 2.51. The summed E-state index contributed by atoms with van der Waals surface area (Å²) in [5, 5.41) is 8.89. The number of rotatable bonds is 8. The Morgan fingerprint density at radius 3 is 2.47 bits per heavy atom. The minimum Gasteiger partial charge on any atom is -0.481 e. The first-order valence-electron chi connectivity index (χ1n) is 7.20. The lowest BCUT2D eigenvalue weighted by Gasteiger charge is -2.41. The number of carbonyl (C=O) groups is 2. The van der Waals surface area contributed by atoms with Crippen LogP contribution in [-0.2, 0) is 9.59 Å². The largest absolute Gasteiger partial charge is 0.481 e. The molecule has 0 aromatic rings. The van der Waals surface area contributed by atoms with E-state index in [0.29, 0.717) is 32.0 Å². The normalized spacial score (nSPS) is 18.8. The van der Waals surface area contributed by atoms with E-state index >= 15 is 0 Å². The molecule has 0 aromatic carbocycles. The highest BCUT2D eigenvalue weighted by Crippen LogP contribution is 2.25. The number of hydrogen-bond acceptors (Lipinski definition) is 3. The molecule has 0 aliphatic carbocycles. The van der Waals surface area contributed by atoms with Crippen molar-refractivity contribution in [3.63, 3.8) is 0 Å². The number of nitrogens with two attached hydrogens (primary N) is 1. The first-order chi connectivity index (χ1) is 8.99. The zero-order valence-electron chi connectivity index (χ0n) is 12.0. The van der Waals surface area contributed by atoms with E-state index in [1.165, 1.54) is 0 Å². The minimum atomic E-state index is -0.772. The molecule has 2 unspecified atom stereocenters. The Kier molecular flexibility index (Phi) is 6.28. The van der Waals surface area contributed by atoms with Crippen LogP contribution in [0, 0.1) is 17.8 Å². The van der Waals surface area contributed by atoms with Crippen LogP contribution in [0.2, 0.25) is 0 Å². The first kappa shape index (κ1) is 16.0. The molecule has 5 nitrogen and oxygen atoms in total. The van der Waals surface area contributed by atoms with E-state index in [1.54, 1.807) is 11.8 Å². The van der Waals surface area contributed by atoms with Crippen LogP contribution in [-0.4, -0.2) is 41.5 Å². The Bertz CT molecular complexity index is 314. The third kappa shape index (κ3) is 4.49. The van der Waals surface area contributed by atoms with Gasteiger partial charge in [-0.15, -0.1) is 0 Å². The third-order valence-electron chi connectivity index (χ3n) is 4.28. The average Bonchev–Trinajstić information content (AvgIpc) is 2.32. The smallest absolute Gasteiger partial charge is 0.306 e. The maximum Gasteiger partial charge on any atom is 0.306 e. The Morgan fingerprint density at radius 2 is 2.00 bits per heavy atom. The van der Waals surface area contributed by atoms with Crippen molar-refractivity contribution in [2.45, 2.75) is 39.5 Å². The Balaban J connectivity index is 2.24. The second kappa shape index (κ2) is 7.48. The molecule has 3 N–H and O–H groups in total. The number of carboxylic acids is 1. The van der Waals surface area contributed by atoms with Crippen molar-refractivity contribution in [1.82, 2.24) is 4.90 Å². The van der Waals surface area contributed by atoms with Crippen LogP contribution in [0.15, 0.2) is 0 Å². The van der Waals surface area contributed by atoms with E-state index in [9.17, 15) is 9.59 Å². The van der Waals surface area contributed by atoms with Crippen molar-refractivity contribution in [3.05, 3.63) is 0 Å². The lowest BCUT2D eigenvalue weighted by Crippen LogP contribution is -2.53. The molecule has 1 rings (SSSR count). The summed E-state index contributed by atoms with van der Waals surface area (Å²) < 4.78 is 0. The van der Waals surface area contributed by atoms with Gasteiger partial charge in [-0.05, 0) is 25.3 Å². The predicted molar refractivity (Wildman–Crippen MR) is 73.6 cm³/mol. The molecule has 0 saturated carbocycles. The molecule has 19 heavy (non-hydrogen) atoms. The quantitative estimate of drug-likeness (QED) is 0.696. The van der Waals surface area contributed by atoms with Gasteiger partial charge in [0.05, 0.1) is 5.92 Å². The second-order valence-electron chi connectivity index (χ2n) is 5.58. The number of nitrogens with zero attached hydrogens (tertiary/aromatic N) is 1. The maximum absolute atomic E-state index is 11.9. The van der Waals surface area contributed by atoms with E-state index in [0.717, 1.165) is 19.3 Å². The molecule has 0 spiro atoms. The van der Waals surface area contributed by atoms with Gasteiger partial charge in [-0.25, -0.2) is 0 Å². The molecule has 1 saturated heterocycles. The summed E-state index contributed by atoms with van der Waals surface area (Å²) in [5.74, 6) is -0.323. The lowest BCUT2D eigenvalue weighted by atomic mass is 9.86. The van der Waals surface area contributed by atoms with Gasteiger partial charge < -0.3 is 15.7 Å². The average molecular weight is 270 g/mol. The van der Waals surface area contributed by atoms with Crippen LogP contribution < -0.4 is 5.73 Å². The Labute approximate surface area is 115 Å². The summed E-state index contributed by atoms with van der Waals surface area (Å²) in [7, 11) is 0. The van der Waals surface area contributed by atoms with Gasteiger partial charge in [0.25, 0.3) is 0 Å². The highest BCUT2D eigenvalue weighted by Gasteiger charge is 2.36. The SMILES string of the molecule is CCC(CCN)CCC(=O)N1CC(C(C)C(=O)O)C1. The summed E-state index contributed by atoms with van der Waals surface area (Å²) in [6.45, 7) is 5.71. The maximum atomic E-state index is 11.9. The van der Waals surface area contributed by atoms with E-state index in [4.69, 9.17) is 10.8 Å². The monoisotopic (exact) mass is 270 g/mol. The van der Waals surface area contributed by atoms with Crippen molar-refractivity contribution < 1.29 is 14.7 Å². The summed E-state index contributed by atoms with van der Waals surface area (Å²) in [5.41, 5.74) is 5.54. The minimum absolute atomic E-state index is 0.118. The number of amides is 1. The molecular weight excluding hydrogens is 244 g/mol. The van der Waals surface area contributed by atoms with Crippen molar-refractivity contribution in [3.8, 4) is 0 Å². The topological polar surface area (TPSA) is 83.6 Å².